The fraction of sp³-hybridized carbons (Fsp3) is 0.226. The number of hydrogen-bond acceptors (Lipinski definition) is 4. The number of imidazole rings is 1. The van der Waals surface area contributed by atoms with Crippen LogP contribution in [0.2, 0.25) is 0 Å². The van der Waals surface area contributed by atoms with Crippen molar-refractivity contribution in [1.29, 1.82) is 0 Å². The number of H-pyrrole nitrogens is 1. The number of aromatic nitrogens is 3. The molecule has 2 aromatic heterocycles. The molecule has 0 aliphatic carbocycles. The van der Waals surface area contributed by atoms with Gasteiger partial charge in [-0.15, -0.1) is 0 Å². The molecule has 1 aliphatic rings. The molecule has 9 heteroatoms. The number of rotatable bonds is 9. The van der Waals surface area contributed by atoms with Crippen LogP contribution in [0.15, 0.2) is 79.5 Å². The first-order chi connectivity index (χ1) is 19.5. The van der Waals surface area contributed by atoms with E-state index in [1.54, 1.807) is 29.3 Å². The zero-order valence-electron chi connectivity index (χ0n) is 22.4. The van der Waals surface area contributed by atoms with Gasteiger partial charge in [0.15, 0.2) is 5.69 Å². The van der Waals surface area contributed by atoms with Crippen molar-refractivity contribution in [3.05, 3.63) is 114 Å². The summed E-state index contributed by atoms with van der Waals surface area (Å²) in [6.45, 7) is 6.90. The fourth-order valence-electron chi connectivity index (χ4n) is 4.98. The molecule has 4 aromatic rings. The molecule has 9 nitrogen and oxygen atoms in total. The van der Waals surface area contributed by atoms with E-state index in [9.17, 15) is 14.4 Å². The highest BCUT2D eigenvalue weighted by molar-refractivity contribution is 6.05. The molecular formula is C31H32N6O3. The molecule has 1 aliphatic heterocycles. The number of benzene rings is 2. The summed E-state index contributed by atoms with van der Waals surface area (Å²) in [5.74, 6) is -0.0408. The Balaban J connectivity index is 1.46. The summed E-state index contributed by atoms with van der Waals surface area (Å²) in [5.41, 5.74) is 4.70. The summed E-state index contributed by atoms with van der Waals surface area (Å²) >= 11 is 0. The number of aryl methyl sites for hydroxylation is 1. The second kappa shape index (κ2) is 11.9. The highest BCUT2D eigenvalue weighted by atomic mass is 16.2. The molecule has 0 saturated carbocycles. The molecule has 5 rings (SSSR count). The molecule has 0 unspecified atom stereocenters. The highest BCUT2D eigenvalue weighted by Crippen LogP contribution is 2.26. The Hall–Kier alpha value is -4.92. The van der Waals surface area contributed by atoms with Crippen LogP contribution < -0.4 is 10.6 Å². The number of hydrogen-bond donors (Lipinski definition) is 3. The Bertz CT molecular complexity index is 1540. The molecule has 40 heavy (non-hydrogen) atoms. The molecule has 3 amide bonds. The molecule has 0 spiro atoms. The highest BCUT2D eigenvalue weighted by Gasteiger charge is 2.30. The van der Waals surface area contributed by atoms with E-state index in [2.05, 4.69) is 33.7 Å². The number of carbonyl (C=O) groups excluding carboxylic acids is 3. The molecule has 3 heterocycles. The van der Waals surface area contributed by atoms with Crippen LogP contribution in [0.5, 0.6) is 0 Å². The minimum atomic E-state index is -0.374. The van der Waals surface area contributed by atoms with Crippen LogP contribution in [0.3, 0.4) is 0 Å². The Morgan fingerprint density at radius 1 is 1.05 bits per heavy atom. The molecule has 0 radical (unpaired) electrons. The van der Waals surface area contributed by atoms with Gasteiger partial charge < -0.3 is 25.1 Å². The van der Waals surface area contributed by atoms with Gasteiger partial charge in [0.1, 0.15) is 11.5 Å². The molecule has 3 N–H and O–H groups in total. The molecule has 0 atom stereocenters. The van der Waals surface area contributed by atoms with Crippen LogP contribution in [0.4, 0.5) is 11.4 Å². The van der Waals surface area contributed by atoms with Crippen molar-refractivity contribution in [3.8, 4) is 0 Å². The third-order valence-corrected chi connectivity index (χ3v) is 6.95. The van der Waals surface area contributed by atoms with Gasteiger partial charge in [-0.25, -0.2) is 4.98 Å². The fourth-order valence-corrected chi connectivity index (χ4v) is 4.98. The van der Waals surface area contributed by atoms with Crippen molar-refractivity contribution in [1.82, 2.24) is 19.4 Å². The lowest BCUT2D eigenvalue weighted by Crippen LogP contribution is -2.39. The lowest BCUT2D eigenvalue weighted by atomic mass is 10.1. The first-order valence-corrected chi connectivity index (χ1v) is 13.4. The van der Waals surface area contributed by atoms with E-state index in [4.69, 9.17) is 4.98 Å². The van der Waals surface area contributed by atoms with Crippen LogP contribution in [-0.2, 0) is 30.7 Å². The van der Waals surface area contributed by atoms with Crippen molar-refractivity contribution in [3.63, 3.8) is 0 Å². The standard InChI is InChI=1S/C31H32N6O3/c1-3-9-22-13-14-23(19-25(22)34-28(38)4-2)33-30(39)29-26-20-36(31(40)24-12-8-15-32-24)16-17-37(26)27(35-29)18-21-10-6-5-7-11-21/h4-8,10-15,19,32H,2-3,9,16-18,20H2,1H3,(H,33,39)(H,34,38). The van der Waals surface area contributed by atoms with Crippen molar-refractivity contribution in [2.75, 3.05) is 17.2 Å². The molecule has 0 saturated heterocycles. The monoisotopic (exact) mass is 536 g/mol. The first-order valence-electron chi connectivity index (χ1n) is 13.4. The van der Waals surface area contributed by atoms with Gasteiger partial charge in [0.05, 0.1) is 12.2 Å². The normalized spacial score (nSPS) is 12.5. The van der Waals surface area contributed by atoms with Crippen LogP contribution in [0, 0.1) is 0 Å². The zero-order chi connectivity index (χ0) is 28.1. The molecule has 0 fully saturated rings. The topological polar surface area (TPSA) is 112 Å². The lowest BCUT2D eigenvalue weighted by Gasteiger charge is -2.29. The average molecular weight is 537 g/mol. The van der Waals surface area contributed by atoms with Crippen molar-refractivity contribution < 1.29 is 14.4 Å². The van der Waals surface area contributed by atoms with E-state index in [0.29, 0.717) is 42.3 Å². The maximum Gasteiger partial charge on any atom is 0.276 e. The van der Waals surface area contributed by atoms with Crippen molar-refractivity contribution in [2.24, 2.45) is 0 Å². The van der Waals surface area contributed by atoms with Gasteiger partial charge in [-0.05, 0) is 47.9 Å². The van der Waals surface area contributed by atoms with Gasteiger partial charge in [-0.1, -0.05) is 56.3 Å². The van der Waals surface area contributed by atoms with Crippen molar-refractivity contribution >= 4 is 29.1 Å². The van der Waals surface area contributed by atoms with E-state index in [1.807, 2.05) is 42.5 Å². The third kappa shape index (κ3) is 5.73. The predicted octanol–water partition coefficient (Wildman–Crippen LogP) is 4.79. The average Bonchev–Trinajstić information content (AvgIpc) is 3.63. The van der Waals surface area contributed by atoms with E-state index in [0.717, 1.165) is 29.8 Å². The predicted molar refractivity (Wildman–Crippen MR) is 154 cm³/mol. The second-order valence-corrected chi connectivity index (χ2v) is 9.72. The zero-order valence-corrected chi connectivity index (χ0v) is 22.4. The van der Waals surface area contributed by atoms with E-state index in [-0.39, 0.29) is 30.0 Å². The Kier molecular flexibility index (Phi) is 7.91. The maximum atomic E-state index is 13.7. The van der Waals surface area contributed by atoms with Crippen molar-refractivity contribution in [2.45, 2.75) is 39.3 Å². The number of nitrogens with zero attached hydrogens (tertiary/aromatic N) is 3. The van der Waals surface area contributed by atoms with Gasteiger partial charge in [0.25, 0.3) is 11.8 Å². The quantitative estimate of drug-likeness (QED) is 0.267. The molecular weight excluding hydrogens is 504 g/mol. The van der Waals surface area contributed by atoms with Crippen LogP contribution >= 0.6 is 0 Å². The van der Waals surface area contributed by atoms with E-state index < -0.39 is 0 Å². The third-order valence-electron chi connectivity index (χ3n) is 6.95. The van der Waals surface area contributed by atoms with Gasteiger partial charge in [0.2, 0.25) is 5.91 Å². The number of anilines is 2. The smallest absolute Gasteiger partial charge is 0.276 e. The Labute approximate surface area is 232 Å². The number of aromatic amines is 1. The van der Waals surface area contributed by atoms with Gasteiger partial charge in [-0.2, -0.15) is 0 Å². The van der Waals surface area contributed by atoms with Crippen LogP contribution in [-0.4, -0.2) is 43.7 Å². The Morgan fingerprint density at radius 2 is 1.88 bits per heavy atom. The number of carbonyl (C=O) groups is 3. The van der Waals surface area contributed by atoms with Gasteiger partial charge in [0, 0.05) is 37.1 Å². The lowest BCUT2D eigenvalue weighted by molar-refractivity contribution is -0.111. The molecule has 0 bridgehead atoms. The first kappa shape index (κ1) is 26.7. The van der Waals surface area contributed by atoms with E-state index >= 15 is 0 Å². The largest absolute Gasteiger partial charge is 0.357 e. The maximum absolute atomic E-state index is 13.7. The minimum Gasteiger partial charge on any atom is -0.357 e. The molecule has 2 aromatic carbocycles. The summed E-state index contributed by atoms with van der Waals surface area (Å²) in [6, 6.07) is 19.0. The number of nitrogens with one attached hydrogen (secondary N) is 3. The summed E-state index contributed by atoms with van der Waals surface area (Å²) < 4.78 is 2.06. The van der Waals surface area contributed by atoms with Gasteiger partial charge in [-0.3, -0.25) is 14.4 Å². The summed E-state index contributed by atoms with van der Waals surface area (Å²) in [4.78, 5) is 48.3. The molecule has 204 valence electrons. The summed E-state index contributed by atoms with van der Waals surface area (Å²) in [7, 11) is 0. The second-order valence-electron chi connectivity index (χ2n) is 9.72. The minimum absolute atomic E-state index is 0.123. The Morgan fingerprint density at radius 3 is 2.60 bits per heavy atom. The van der Waals surface area contributed by atoms with Crippen LogP contribution in [0.1, 0.15) is 57.0 Å². The SMILES string of the molecule is C=CC(=O)Nc1cc(NC(=O)c2nc(Cc3ccccc3)n3c2CN(C(=O)c2ccc[nH]2)CC3)ccc1CCC. The number of amides is 3. The number of fused-ring (bicyclic) bond motifs is 1. The van der Waals surface area contributed by atoms with E-state index in [1.165, 1.54) is 6.08 Å². The summed E-state index contributed by atoms with van der Waals surface area (Å²) in [6.07, 6.45) is 5.19. The summed E-state index contributed by atoms with van der Waals surface area (Å²) in [5, 5.41) is 5.79. The van der Waals surface area contributed by atoms with Gasteiger partial charge >= 0.3 is 0 Å². The van der Waals surface area contributed by atoms with Crippen LogP contribution in [0.25, 0.3) is 0 Å².